The highest BCUT2D eigenvalue weighted by Gasteiger charge is 2.12. The van der Waals surface area contributed by atoms with Gasteiger partial charge in [-0.05, 0) is 38.8 Å². The van der Waals surface area contributed by atoms with Crippen LogP contribution in [0.1, 0.15) is 22.4 Å². The Morgan fingerprint density at radius 1 is 0.944 bits per heavy atom. The summed E-state index contributed by atoms with van der Waals surface area (Å²) in [6.45, 7) is 8.25. The number of rotatable bonds is 2. The molecular weight excluding hydrogens is 222 g/mol. The fourth-order valence-electron chi connectivity index (χ4n) is 2.15. The van der Waals surface area contributed by atoms with Crippen LogP contribution in [0.5, 0.6) is 0 Å². The van der Waals surface area contributed by atoms with Crippen molar-refractivity contribution in [1.82, 2.24) is 9.97 Å². The zero-order valence-corrected chi connectivity index (χ0v) is 11.6. The van der Waals surface area contributed by atoms with E-state index >= 15 is 0 Å². The van der Waals surface area contributed by atoms with Crippen molar-refractivity contribution in [3.05, 3.63) is 40.6 Å². The summed E-state index contributed by atoms with van der Waals surface area (Å²) in [5.41, 5.74) is 5.68. The van der Waals surface area contributed by atoms with Gasteiger partial charge in [0.05, 0.1) is 0 Å². The second kappa shape index (κ2) is 4.77. The van der Waals surface area contributed by atoms with Crippen molar-refractivity contribution in [3.63, 3.8) is 0 Å². The summed E-state index contributed by atoms with van der Waals surface area (Å²) in [5, 5.41) is 3.13. The van der Waals surface area contributed by atoms with Gasteiger partial charge in [-0.15, -0.1) is 0 Å². The van der Waals surface area contributed by atoms with Crippen LogP contribution < -0.4 is 5.32 Å². The molecule has 2 rings (SSSR count). The molecule has 1 aromatic heterocycles. The molecule has 0 fully saturated rings. The third kappa shape index (κ3) is 2.08. The van der Waals surface area contributed by atoms with Crippen LogP contribution in [-0.2, 0) is 0 Å². The van der Waals surface area contributed by atoms with E-state index in [9.17, 15) is 0 Å². The van der Waals surface area contributed by atoms with Gasteiger partial charge in [0.15, 0.2) is 5.82 Å². The number of nitrogens with zero attached hydrogens (tertiary/aromatic N) is 2. The molecule has 1 N–H and O–H groups in total. The molecule has 0 aliphatic rings. The van der Waals surface area contributed by atoms with Gasteiger partial charge in [0.25, 0.3) is 0 Å². The standard InChI is InChI=1S/C15H19N3/c1-9-7-6-8-10(2)13(9)15-17-12(4)11(3)14(16-5)18-15/h6-8H,1-5H3,(H,16,17,18). The lowest BCUT2D eigenvalue weighted by Gasteiger charge is -2.13. The van der Waals surface area contributed by atoms with Crippen LogP contribution >= 0.6 is 0 Å². The molecule has 18 heavy (non-hydrogen) atoms. The second-order valence-corrected chi connectivity index (χ2v) is 4.62. The van der Waals surface area contributed by atoms with Gasteiger partial charge in [-0.3, -0.25) is 0 Å². The zero-order chi connectivity index (χ0) is 13.3. The lowest BCUT2D eigenvalue weighted by molar-refractivity contribution is 1.06. The van der Waals surface area contributed by atoms with Crippen LogP contribution in [0.25, 0.3) is 11.4 Å². The summed E-state index contributed by atoms with van der Waals surface area (Å²) < 4.78 is 0. The van der Waals surface area contributed by atoms with E-state index in [1.165, 1.54) is 11.1 Å². The second-order valence-electron chi connectivity index (χ2n) is 4.62. The van der Waals surface area contributed by atoms with Crippen LogP contribution in [0, 0.1) is 27.7 Å². The Bertz CT molecular complexity index is 568. The van der Waals surface area contributed by atoms with Crippen LogP contribution in [0.15, 0.2) is 18.2 Å². The topological polar surface area (TPSA) is 37.8 Å². The minimum absolute atomic E-state index is 0.804. The Balaban J connectivity index is 2.68. The largest absolute Gasteiger partial charge is 0.373 e. The van der Waals surface area contributed by atoms with Gasteiger partial charge in [-0.2, -0.15) is 0 Å². The van der Waals surface area contributed by atoms with E-state index in [-0.39, 0.29) is 0 Å². The predicted molar refractivity (Wildman–Crippen MR) is 76.0 cm³/mol. The SMILES string of the molecule is CNc1nc(-c2c(C)cccc2C)nc(C)c1C. The van der Waals surface area contributed by atoms with Crippen molar-refractivity contribution in [1.29, 1.82) is 0 Å². The minimum Gasteiger partial charge on any atom is -0.373 e. The van der Waals surface area contributed by atoms with Crippen molar-refractivity contribution >= 4 is 5.82 Å². The summed E-state index contributed by atoms with van der Waals surface area (Å²) in [6, 6.07) is 6.26. The van der Waals surface area contributed by atoms with Crippen LogP contribution in [0.4, 0.5) is 5.82 Å². The molecule has 0 saturated carbocycles. The molecule has 1 heterocycles. The molecule has 0 aliphatic heterocycles. The van der Waals surface area contributed by atoms with E-state index < -0.39 is 0 Å². The molecule has 0 radical (unpaired) electrons. The van der Waals surface area contributed by atoms with E-state index in [2.05, 4.69) is 47.3 Å². The first-order chi connectivity index (χ1) is 8.54. The summed E-state index contributed by atoms with van der Waals surface area (Å²) in [4.78, 5) is 9.24. The molecule has 0 aliphatic carbocycles. The summed E-state index contributed by atoms with van der Waals surface area (Å²) in [7, 11) is 1.89. The quantitative estimate of drug-likeness (QED) is 0.875. The smallest absolute Gasteiger partial charge is 0.162 e. The zero-order valence-electron chi connectivity index (χ0n) is 11.6. The van der Waals surface area contributed by atoms with Gasteiger partial charge in [0.2, 0.25) is 0 Å². The van der Waals surface area contributed by atoms with Gasteiger partial charge in [0, 0.05) is 23.9 Å². The van der Waals surface area contributed by atoms with E-state index in [0.717, 1.165) is 28.5 Å². The molecular formula is C15H19N3. The molecule has 0 amide bonds. The highest BCUT2D eigenvalue weighted by atomic mass is 15.0. The Kier molecular flexibility index (Phi) is 3.32. The molecule has 1 aromatic carbocycles. The average Bonchev–Trinajstić information content (AvgIpc) is 2.33. The minimum atomic E-state index is 0.804. The highest BCUT2D eigenvalue weighted by Crippen LogP contribution is 2.26. The number of aromatic nitrogens is 2. The molecule has 3 nitrogen and oxygen atoms in total. The first kappa shape index (κ1) is 12.6. The molecule has 0 atom stereocenters. The molecule has 3 heteroatoms. The monoisotopic (exact) mass is 241 g/mol. The average molecular weight is 241 g/mol. The van der Waals surface area contributed by atoms with Crippen molar-refractivity contribution < 1.29 is 0 Å². The molecule has 2 aromatic rings. The first-order valence-electron chi connectivity index (χ1n) is 6.14. The van der Waals surface area contributed by atoms with E-state index in [1.54, 1.807) is 0 Å². The molecule has 0 spiro atoms. The number of benzene rings is 1. The number of nitrogens with one attached hydrogen (secondary N) is 1. The van der Waals surface area contributed by atoms with Crippen LogP contribution in [-0.4, -0.2) is 17.0 Å². The van der Waals surface area contributed by atoms with Crippen molar-refractivity contribution in [2.45, 2.75) is 27.7 Å². The highest BCUT2D eigenvalue weighted by molar-refractivity contribution is 5.66. The molecule has 0 saturated heterocycles. The van der Waals surface area contributed by atoms with Crippen molar-refractivity contribution in [2.24, 2.45) is 0 Å². The Morgan fingerprint density at radius 3 is 2.11 bits per heavy atom. The van der Waals surface area contributed by atoms with E-state index in [1.807, 2.05) is 20.9 Å². The maximum atomic E-state index is 4.62. The van der Waals surface area contributed by atoms with Gasteiger partial charge in [0.1, 0.15) is 5.82 Å². The van der Waals surface area contributed by atoms with Gasteiger partial charge in [-0.25, -0.2) is 9.97 Å². The summed E-state index contributed by atoms with van der Waals surface area (Å²) in [6.07, 6.45) is 0. The van der Waals surface area contributed by atoms with Gasteiger partial charge >= 0.3 is 0 Å². The van der Waals surface area contributed by atoms with Crippen LogP contribution in [0.3, 0.4) is 0 Å². The third-order valence-corrected chi connectivity index (χ3v) is 3.33. The number of anilines is 1. The molecule has 94 valence electrons. The normalized spacial score (nSPS) is 10.5. The predicted octanol–water partition coefficient (Wildman–Crippen LogP) is 3.42. The maximum Gasteiger partial charge on any atom is 0.162 e. The number of hydrogen-bond donors (Lipinski definition) is 1. The number of hydrogen-bond acceptors (Lipinski definition) is 3. The Hall–Kier alpha value is -1.90. The number of aryl methyl sites for hydroxylation is 3. The lowest BCUT2D eigenvalue weighted by atomic mass is 10.0. The van der Waals surface area contributed by atoms with Gasteiger partial charge in [-0.1, -0.05) is 18.2 Å². The van der Waals surface area contributed by atoms with Crippen molar-refractivity contribution in [2.75, 3.05) is 12.4 Å². The summed E-state index contributed by atoms with van der Waals surface area (Å²) >= 11 is 0. The van der Waals surface area contributed by atoms with Crippen molar-refractivity contribution in [3.8, 4) is 11.4 Å². The summed E-state index contributed by atoms with van der Waals surface area (Å²) in [5.74, 6) is 1.71. The fourth-order valence-corrected chi connectivity index (χ4v) is 2.15. The van der Waals surface area contributed by atoms with Crippen LogP contribution in [0.2, 0.25) is 0 Å². The third-order valence-electron chi connectivity index (χ3n) is 3.33. The lowest BCUT2D eigenvalue weighted by Crippen LogP contribution is -2.04. The Labute approximate surface area is 108 Å². The van der Waals surface area contributed by atoms with E-state index in [0.29, 0.717) is 0 Å². The molecule has 0 bridgehead atoms. The first-order valence-corrected chi connectivity index (χ1v) is 6.14. The fraction of sp³-hybridized carbons (Fsp3) is 0.333. The Morgan fingerprint density at radius 2 is 1.56 bits per heavy atom. The van der Waals surface area contributed by atoms with Gasteiger partial charge < -0.3 is 5.32 Å². The van der Waals surface area contributed by atoms with E-state index in [4.69, 9.17) is 0 Å². The molecule has 0 unspecified atom stereocenters. The maximum absolute atomic E-state index is 4.62.